The van der Waals surface area contributed by atoms with Crippen molar-refractivity contribution in [2.24, 2.45) is 0 Å². The molecule has 1 saturated heterocycles. The van der Waals surface area contributed by atoms with E-state index >= 15 is 0 Å². The van der Waals surface area contributed by atoms with E-state index in [0.29, 0.717) is 12.0 Å². The van der Waals surface area contributed by atoms with Crippen molar-refractivity contribution in [1.29, 1.82) is 0 Å². The summed E-state index contributed by atoms with van der Waals surface area (Å²) < 4.78 is 28.8. The highest BCUT2D eigenvalue weighted by atomic mass is 16.7. The number of benzene rings is 3. The molecule has 3 aromatic rings. The van der Waals surface area contributed by atoms with Crippen LogP contribution in [-0.2, 0) is 23.7 Å². The standard InChI is InChI=1S/C31H32O9/c1-2-3-19-36-26-25(39-29(33)22-15-9-5-10-16-22)24(20-37-28(32)21-13-7-4-8-14-21)38-31(35)27(26)40-30(34)23-17-11-6-12-18-23/h4-18,24-27,31,35H,2-3,19-20H2,1H3/t24?,25-,26?,27?,31-/m1/s1. The Morgan fingerprint density at radius 2 is 1.18 bits per heavy atom. The Morgan fingerprint density at radius 1 is 0.700 bits per heavy atom. The van der Waals surface area contributed by atoms with Gasteiger partial charge in [-0.25, -0.2) is 14.4 Å². The van der Waals surface area contributed by atoms with Gasteiger partial charge in [0.05, 0.1) is 16.7 Å². The molecule has 0 spiro atoms. The van der Waals surface area contributed by atoms with Crippen molar-refractivity contribution in [1.82, 2.24) is 0 Å². The summed E-state index contributed by atoms with van der Waals surface area (Å²) in [6, 6.07) is 25.0. The van der Waals surface area contributed by atoms with Gasteiger partial charge in [-0.3, -0.25) is 0 Å². The third-order valence-electron chi connectivity index (χ3n) is 6.31. The van der Waals surface area contributed by atoms with Crippen molar-refractivity contribution in [3.8, 4) is 0 Å². The molecule has 40 heavy (non-hydrogen) atoms. The maximum absolute atomic E-state index is 13.1. The van der Waals surface area contributed by atoms with E-state index in [1.54, 1.807) is 91.0 Å². The van der Waals surface area contributed by atoms with Crippen LogP contribution in [0.5, 0.6) is 0 Å². The quantitative estimate of drug-likeness (QED) is 0.214. The van der Waals surface area contributed by atoms with Crippen LogP contribution in [0.15, 0.2) is 91.0 Å². The molecule has 210 valence electrons. The lowest BCUT2D eigenvalue weighted by molar-refractivity contribution is -0.292. The van der Waals surface area contributed by atoms with E-state index in [4.69, 9.17) is 23.7 Å². The zero-order valence-corrected chi connectivity index (χ0v) is 22.1. The minimum Gasteiger partial charge on any atom is -0.459 e. The molecule has 0 bridgehead atoms. The van der Waals surface area contributed by atoms with Crippen LogP contribution in [0.2, 0.25) is 0 Å². The van der Waals surface area contributed by atoms with Crippen LogP contribution in [0.3, 0.4) is 0 Å². The highest BCUT2D eigenvalue weighted by Gasteiger charge is 2.51. The number of hydrogen-bond acceptors (Lipinski definition) is 9. The zero-order chi connectivity index (χ0) is 28.3. The molecule has 9 heteroatoms. The van der Waals surface area contributed by atoms with E-state index in [1.807, 2.05) is 6.92 Å². The summed E-state index contributed by atoms with van der Waals surface area (Å²) in [5.74, 6) is -2.01. The summed E-state index contributed by atoms with van der Waals surface area (Å²) in [5.41, 5.74) is 0.861. The number of hydrogen-bond donors (Lipinski definition) is 1. The number of ether oxygens (including phenoxy) is 5. The molecule has 0 radical (unpaired) electrons. The maximum atomic E-state index is 13.1. The molecular weight excluding hydrogens is 516 g/mol. The van der Waals surface area contributed by atoms with Gasteiger partial charge in [-0.2, -0.15) is 0 Å². The largest absolute Gasteiger partial charge is 0.459 e. The Hall–Kier alpha value is -4.05. The highest BCUT2D eigenvalue weighted by Crippen LogP contribution is 2.29. The monoisotopic (exact) mass is 548 g/mol. The minimum absolute atomic E-state index is 0.239. The summed E-state index contributed by atoms with van der Waals surface area (Å²) in [5, 5.41) is 11.0. The van der Waals surface area contributed by atoms with Crippen molar-refractivity contribution < 1.29 is 43.2 Å². The SMILES string of the molecule is CCCCOC1C(OC(=O)c2ccccc2)[C@H](O)OC(COC(=O)c2ccccc2)[C@H]1OC(=O)c1ccccc1. The predicted octanol–water partition coefficient (Wildman–Crippen LogP) is 4.20. The second-order valence-corrected chi connectivity index (χ2v) is 9.19. The molecule has 3 aromatic carbocycles. The van der Waals surface area contributed by atoms with Crippen LogP contribution in [-0.4, -0.2) is 66.9 Å². The lowest BCUT2D eigenvalue weighted by Crippen LogP contribution is -2.62. The van der Waals surface area contributed by atoms with Crippen molar-refractivity contribution in [2.45, 2.75) is 50.5 Å². The fourth-order valence-electron chi connectivity index (χ4n) is 4.20. The molecule has 0 aliphatic carbocycles. The lowest BCUT2D eigenvalue weighted by Gasteiger charge is -2.43. The Labute approximate surface area is 232 Å². The molecule has 0 aromatic heterocycles. The van der Waals surface area contributed by atoms with Gasteiger partial charge in [0.25, 0.3) is 0 Å². The number of aliphatic hydroxyl groups is 1. The van der Waals surface area contributed by atoms with E-state index in [9.17, 15) is 19.5 Å². The molecule has 3 unspecified atom stereocenters. The van der Waals surface area contributed by atoms with E-state index in [0.717, 1.165) is 6.42 Å². The highest BCUT2D eigenvalue weighted by molar-refractivity contribution is 5.90. The van der Waals surface area contributed by atoms with E-state index in [2.05, 4.69) is 0 Å². The molecule has 0 saturated carbocycles. The summed E-state index contributed by atoms with van der Waals surface area (Å²) in [4.78, 5) is 38.7. The first-order chi connectivity index (χ1) is 19.5. The van der Waals surface area contributed by atoms with Gasteiger partial charge in [0, 0.05) is 6.61 Å². The molecule has 5 atom stereocenters. The fourth-order valence-corrected chi connectivity index (χ4v) is 4.20. The molecule has 1 aliphatic rings. The van der Waals surface area contributed by atoms with Gasteiger partial charge in [-0.15, -0.1) is 0 Å². The van der Waals surface area contributed by atoms with Gasteiger partial charge in [0.15, 0.2) is 18.5 Å². The van der Waals surface area contributed by atoms with Gasteiger partial charge >= 0.3 is 17.9 Å². The molecule has 9 nitrogen and oxygen atoms in total. The number of esters is 3. The van der Waals surface area contributed by atoms with Crippen LogP contribution >= 0.6 is 0 Å². The Balaban J connectivity index is 1.60. The summed E-state index contributed by atoms with van der Waals surface area (Å²) in [6.45, 7) is 1.86. The molecule has 1 heterocycles. The fraction of sp³-hybridized carbons (Fsp3) is 0.323. The van der Waals surface area contributed by atoms with Gasteiger partial charge < -0.3 is 28.8 Å². The number of carbonyl (C=O) groups excluding carboxylic acids is 3. The van der Waals surface area contributed by atoms with Crippen molar-refractivity contribution in [3.05, 3.63) is 108 Å². The number of aliphatic hydroxyl groups excluding tert-OH is 1. The van der Waals surface area contributed by atoms with E-state index in [1.165, 1.54) is 0 Å². The van der Waals surface area contributed by atoms with Crippen molar-refractivity contribution in [3.63, 3.8) is 0 Å². The topological polar surface area (TPSA) is 118 Å². The lowest BCUT2D eigenvalue weighted by atomic mass is 9.98. The predicted molar refractivity (Wildman–Crippen MR) is 144 cm³/mol. The van der Waals surface area contributed by atoms with Crippen LogP contribution in [0, 0.1) is 0 Å². The van der Waals surface area contributed by atoms with Crippen LogP contribution < -0.4 is 0 Å². The van der Waals surface area contributed by atoms with Gasteiger partial charge in [-0.05, 0) is 42.8 Å². The molecule has 1 N–H and O–H groups in total. The van der Waals surface area contributed by atoms with Crippen LogP contribution in [0.1, 0.15) is 50.8 Å². The molecule has 1 fully saturated rings. The average Bonchev–Trinajstić information content (AvgIpc) is 3.00. The summed E-state index contributed by atoms with van der Waals surface area (Å²) >= 11 is 0. The number of unbranched alkanes of at least 4 members (excludes halogenated alkanes) is 1. The summed E-state index contributed by atoms with van der Waals surface area (Å²) in [7, 11) is 0. The first-order valence-corrected chi connectivity index (χ1v) is 13.2. The average molecular weight is 549 g/mol. The Morgan fingerprint density at radius 3 is 1.68 bits per heavy atom. The molecule has 0 amide bonds. The number of rotatable bonds is 11. The zero-order valence-electron chi connectivity index (χ0n) is 22.1. The Bertz CT molecular complexity index is 1230. The smallest absolute Gasteiger partial charge is 0.338 e. The third-order valence-corrected chi connectivity index (χ3v) is 6.31. The van der Waals surface area contributed by atoms with Gasteiger partial charge in [0.2, 0.25) is 0 Å². The van der Waals surface area contributed by atoms with Crippen LogP contribution in [0.25, 0.3) is 0 Å². The number of carbonyl (C=O) groups is 3. The third kappa shape index (κ3) is 7.53. The van der Waals surface area contributed by atoms with E-state index < -0.39 is 48.6 Å². The first kappa shape index (κ1) is 28.9. The second kappa shape index (κ2) is 14.4. The maximum Gasteiger partial charge on any atom is 0.338 e. The normalized spacial score (nSPS) is 22.2. The second-order valence-electron chi connectivity index (χ2n) is 9.19. The molecular formula is C31H32O9. The van der Waals surface area contributed by atoms with Gasteiger partial charge in [-0.1, -0.05) is 67.9 Å². The Kier molecular flexibility index (Phi) is 10.4. The minimum atomic E-state index is -1.65. The molecule has 4 rings (SSSR count). The summed E-state index contributed by atoms with van der Waals surface area (Å²) in [6.07, 6.45) is -4.92. The van der Waals surface area contributed by atoms with Gasteiger partial charge in [0.1, 0.15) is 18.8 Å². The van der Waals surface area contributed by atoms with Crippen molar-refractivity contribution >= 4 is 17.9 Å². The van der Waals surface area contributed by atoms with Crippen LogP contribution in [0.4, 0.5) is 0 Å². The van der Waals surface area contributed by atoms with E-state index in [-0.39, 0.29) is 24.3 Å². The first-order valence-electron chi connectivity index (χ1n) is 13.2. The van der Waals surface area contributed by atoms with Crippen molar-refractivity contribution in [2.75, 3.05) is 13.2 Å². The molecule has 1 aliphatic heterocycles.